The van der Waals surface area contributed by atoms with Gasteiger partial charge in [0.2, 0.25) is 10.0 Å². The van der Waals surface area contributed by atoms with Crippen LogP contribution in [0.4, 0.5) is 4.79 Å². The van der Waals surface area contributed by atoms with Crippen LogP contribution in [0.5, 0.6) is 0 Å². The highest BCUT2D eigenvalue weighted by atomic mass is 32.2. The molecule has 2 atom stereocenters. The highest BCUT2D eigenvalue weighted by molar-refractivity contribution is 7.88. The lowest BCUT2D eigenvalue weighted by molar-refractivity contribution is -0.0257. The summed E-state index contributed by atoms with van der Waals surface area (Å²) in [4.78, 5) is 16.7. The van der Waals surface area contributed by atoms with Crippen LogP contribution in [0, 0.1) is 5.92 Å². The minimum absolute atomic E-state index is 0.0495. The van der Waals surface area contributed by atoms with E-state index in [0.717, 1.165) is 12.7 Å². The molecule has 0 aliphatic carbocycles. The molecule has 0 fully saturated rings. The van der Waals surface area contributed by atoms with Crippen LogP contribution >= 0.6 is 0 Å². The van der Waals surface area contributed by atoms with E-state index in [4.69, 9.17) is 9.94 Å². The molecule has 132 valence electrons. The van der Waals surface area contributed by atoms with E-state index >= 15 is 0 Å². The number of amides is 2. The molecule has 0 saturated heterocycles. The molecule has 0 aromatic carbocycles. The summed E-state index contributed by atoms with van der Waals surface area (Å²) in [5.74, 6) is 0.0495. The zero-order valence-corrected chi connectivity index (χ0v) is 14.6. The van der Waals surface area contributed by atoms with Crippen LogP contribution < -0.4 is 15.5 Å². The van der Waals surface area contributed by atoms with Gasteiger partial charge < -0.3 is 10.4 Å². The Morgan fingerprint density at radius 2 is 1.95 bits per heavy atom. The standard InChI is InChI=1S/C13H29N3O5S/c1-5-7-14-13(18)15-21-11(6-8-17)9-12(10(2)3)16-22(4,19)20/h10-12,16-17H,5-9H2,1-4H3,(H2,14,15,18). The van der Waals surface area contributed by atoms with Gasteiger partial charge in [-0.1, -0.05) is 20.8 Å². The number of rotatable bonds is 11. The average molecular weight is 339 g/mol. The van der Waals surface area contributed by atoms with Crippen LogP contribution in [0.15, 0.2) is 0 Å². The summed E-state index contributed by atoms with van der Waals surface area (Å²) < 4.78 is 25.3. The van der Waals surface area contributed by atoms with E-state index in [9.17, 15) is 13.2 Å². The SMILES string of the molecule is CCCNC(=O)NOC(CCO)CC(NS(C)(=O)=O)C(C)C. The fraction of sp³-hybridized carbons (Fsp3) is 0.923. The molecule has 0 aliphatic rings. The van der Waals surface area contributed by atoms with Gasteiger partial charge in [0.15, 0.2) is 0 Å². The van der Waals surface area contributed by atoms with E-state index in [1.165, 1.54) is 0 Å². The van der Waals surface area contributed by atoms with Crippen molar-refractivity contribution in [3.05, 3.63) is 0 Å². The topological polar surface area (TPSA) is 117 Å². The molecule has 0 spiro atoms. The summed E-state index contributed by atoms with van der Waals surface area (Å²) in [6.07, 6.45) is 2.06. The average Bonchev–Trinajstić information content (AvgIpc) is 2.40. The molecule has 0 radical (unpaired) electrons. The normalized spacial score (nSPS) is 14.6. The highest BCUT2D eigenvalue weighted by Gasteiger charge is 2.23. The molecule has 0 heterocycles. The molecule has 2 unspecified atom stereocenters. The summed E-state index contributed by atoms with van der Waals surface area (Å²) in [6.45, 7) is 6.12. The van der Waals surface area contributed by atoms with Gasteiger partial charge in [-0.3, -0.25) is 4.84 Å². The van der Waals surface area contributed by atoms with Crippen LogP contribution in [-0.4, -0.2) is 51.1 Å². The third-order valence-electron chi connectivity index (χ3n) is 2.99. The Kier molecular flexibility index (Phi) is 10.3. The van der Waals surface area contributed by atoms with Crippen LogP contribution in [0.25, 0.3) is 0 Å². The molecule has 0 aliphatic heterocycles. The Morgan fingerprint density at radius 1 is 1.32 bits per heavy atom. The van der Waals surface area contributed by atoms with Crippen molar-refractivity contribution in [2.45, 2.75) is 52.2 Å². The van der Waals surface area contributed by atoms with Gasteiger partial charge in [0.1, 0.15) is 0 Å². The van der Waals surface area contributed by atoms with E-state index in [1.807, 2.05) is 20.8 Å². The lowest BCUT2D eigenvalue weighted by Crippen LogP contribution is -2.43. The van der Waals surface area contributed by atoms with Crippen molar-refractivity contribution in [3.8, 4) is 0 Å². The van der Waals surface area contributed by atoms with Crippen molar-refractivity contribution in [2.24, 2.45) is 5.92 Å². The maximum Gasteiger partial charge on any atom is 0.338 e. The van der Waals surface area contributed by atoms with Gasteiger partial charge >= 0.3 is 6.03 Å². The number of hydrogen-bond donors (Lipinski definition) is 4. The first-order valence-electron chi connectivity index (χ1n) is 7.47. The maximum atomic E-state index is 11.4. The molecule has 22 heavy (non-hydrogen) atoms. The zero-order valence-electron chi connectivity index (χ0n) is 13.8. The van der Waals surface area contributed by atoms with Gasteiger partial charge in [0.05, 0.1) is 12.4 Å². The first-order chi connectivity index (χ1) is 10.2. The number of urea groups is 1. The van der Waals surface area contributed by atoms with E-state index < -0.39 is 22.2 Å². The fourth-order valence-electron chi connectivity index (χ4n) is 1.79. The third kappa shape index (κ3) is 10.8. The minimum Gasteiger partial charge on any atom is -0.396 e. The number of aliphatic hydroxyl groups excluding tert-OH is 1. The number of carbonyl (C=O) groups excluding carboxylic acids is 1. The van der Waals surface area contributed by atoms with Gasteiger partial charge in [0, 0.05) is 19.2 Å². The number of nitrogens with one attached hydrogen (secondary N) is 3. The lowest BCUT2D eigenvalue weighted by atomic mass is 9.98. The Morgan fingerprint density at radius 3 is 2.41 bits per heavy atom. The predicted molar refractivity (Wildman–Crippen MR) is 84.6 cm³/mol. The molecule has 0 saturated carbocycles. The third-order valence-corrected chi connectivity index (χ3v) is 3.72. The molecule has 0 aromatic rings. The number of sulfonamides is 1. The Labute approximate surface area is 133 Å². The van der Waals surface area contributed by atoms with Crippen LogP contribution in [0.1, 0.15) is 40.0 Å². The summed E-state index contributed by atoms with van der Waals surface area (Å²) in [7, 11) is -3.34. The van der Waals surface area contributed by atoms with Crippen molar-refractivity contribution < 1.29 is 23.2 Å². The van der Waals surface area contributed by atoms with Gasteiger partial charge in [-0.05, 0) is 25.2 Å². The molecular formula is C13H29N3O5S. The molecule has 8 nitrogen and oxygen atoms in total. The Hall–Kier alpha value is -0.900. The largest absolute Gasteiger partial charge is 0.396 e. The fourth-order valence-corrected chi connectivity index (χ4v) is 2.71. The zero-order chi connectivity index (χ0) is 17.2. The molecular weight excluding hydrogens is 310 g/mol. The molecule has 0 aromatic heterocycles. The lowest BCUT2D eigenvalue weighted by Gasteiger charge is -2.26. The van der Waals surface area contributed by atoms with E-state index in [-0.39, 0.29) is 18.6 Å². The molecule has 4 N–H and O–H groups in total. The summed E-state index contributed by atoms with van der Waals surface area (Å²) in [5.41, 5.74) is 2.27. The molecule has 0 rings (SSSR count). The van der Waals surface area contributed by atoms with E-state index in [0.29, 0.717) is 19.4 Å². The van der Waals surface area contributed by atoms with Crippen LogP contribution in [-0.2, 0) is 14.9 Å². The van der Waals surface area contributed by atoms with Crippen molar-refractivity contribution in [2.75, 3.05) is 19.4 Å². The second-order valence-electron chi connectivity index (χ2n) is 5.59. The van der Waals surface area contributed by atoms with Crippen molar-refractivity contribution in [1.82, 2.24) is 15.5 Å². The first-order valence-corrected chi connectivity index (χ1v) is 9.36. The Bertz CT molecular complexity index is 414. The van der Waals surface area contributed by atoms with Crippen molar-refractivity contribution >= 4 is 16.1 Å². The first kappa shape index (κ1) is 21.1. The van der Waals surface area contributed by atoms with E-state index in [2.05, 4.69) is 15.5 Å². The molecule has 9 heteroatoms. The number of carbonyl (C=O) groups is 1. The number of hydrogen-bond acceptors (Lipinski definition) is 5. The van der Waals surface area contributed by atoms with Crippen LogP contribution in [0.2, 0.25) is 0 Å². The maximum absolute atomic E-state index is 11.4. The highest BCUT2D eigenvalue weighted by Crippen LogP contribution is 2.14. The van der Waals surface area contributed by atoms with Gasteiger partial charge in [-0.15, -0.1) is 0 Å². The quantitative estimate of drug-likeness (QED) is 0.405. The second kappa shape index (κ2) is 10.8. The summed E-state index contributed by atoms with van der Waals surface area (Å²) in [6, 6.07) is -0.797. The summed E-state index contributed by atoms with van der Waals surface area (Å²) >= 11 is 0. The second-order valence-corrected chi connectivity index (χ2v) is 7.37. The monoisotopic (exact) mass is 339 g/mol. The van der Waals surface area contributed by atoms with Gasteiger partial charge in [-0.25, -0.2) is 23.4 Å². The number of hydroxylamine groups is 1. The van der Waals surface area contributed by atoms with Crippen molar-refractivity contribution in [1.29, 1.82) is 0 Å². The minimum atomic E-state index is -3.34. The predicted octanol–water partition coefficient (Wildman–Crippen LogP) is 0.342. The Balaban J connectivity index is 4.54. The number of aliphatic hydroxyl groups is 1. The molecule has 2 amide bonds. The van der Waals surface area contributed by atoms with Crippen LogP contribution in [0.3, 0.4) is 0 Å². The van der Waals surface area contributed by atoms with Gasteiger partial charge in [0.25, 0.3) is 0 Å². The van der Waals surface area contributed by atoms with E-state index in [1.54, 1.807) is 0 Å². The van der Waals surface area contributed by atoms with Crippen molar-refractivity contribution in [3.63, 3.8) is 0 Å². The smallest absolute Gasteiger partial charge is 0.338 e. The molecule has 0 bridgehead atoms. The van der Waals surface area contributed by atoms with Gasteiger partial charge in [-0.2, -0.15) is 0 Å². The summed E-state index contributed by atoms with van der Waals surface area (Å²) in [5, 5.41) is 11.7.